The van der Waals surface area contributed by atoms with Crippen LogP contribution in [0.15, 0.2) is 27.0 Å². The third-order valence-corrected chi connectivity index (χ3v) is 3.32. The number of hydrogen-bond acceptors (Lipinski definition) is 7. The number of H-pyrrole nitrogens is 1. The first-order valence-electron chi connectivity index (χ1n) is 6.24. The van der Waals surface area contributed by atoms with Crippen LogP contribution in [-0.2, 0) is 14.2 Å². The number of aromatic nitrogens is 2. The minimum atomic E-state index is -1.64. The molecule has 1 aromatic rings. The fourth-order valence-corrected chi connectivity index (χ4v) is 2.44. The molecule has 1 aliphatic heterocycles. The molecule has 1 aromatic heterocycles. The Bertz CT molecular complexity index is 695. The van der Waals surface area contributed by atoms with Crippen molar-refractivity contribution in [1.29, 1.82) is 0 Å². The molecule has 11 nitrogen and oxygen atoms in total. The Balaban J connectivity index is 2.49. The quantitative estimate of drug-likeness (QED) is 0.408. The third kappa shape index (κ3) is 2.63. The van der Waals surface area contributed by atoms with E-state index in [0.29, 0.717) is 0 Å². The Labute approximate surface area is 123 Å². The van der Waals surface area contributed by atoms with E-state index < -0.39 is 35.4 Å². The molecular weight excluding hydrogens is 298 g/mol. The molecule has 0 bridgehead atoms. The zero-order valence-corrected chi connectivity index (χ0v) is 11.9. The second-order valence-electron chi connectivity index (χ2n) is 4.64. The van der Waals surface area contributed by atoms with Crippen molar-refractivity contribution in [2.75, 3.05) is 20.8 Å². The van der Waals surface area contributed by atoms with E-state index >= 15 is 0 Å². The van der Waals surface area contributed by atoms with Gasteiger partial charge >= 0.3 is 5.69 Å². The Morgan fingerprint density at radius 1 is 1.59 bits per heavy atom. The lowest BCUT2D eigenvalue weighted by molar-refractivity contribution is -0.137. The molecule has 0 spiro atoms. The van der Waals surface area contributed by atoms with Gasteiger partial charge in [0.2, 0.25) is 5.72 Å². The van der Waals surface area contributed by atoms with E-state index in [-0.39, 0.29) is 6.61 Å². The molecule has 2 N–H and O–H groups in total. The standard InChI is InChI=1S/C11H15N5O6/c1-20-5-11(14-15-12)8(21-2)7(18)9(22-11)16-4-3-6(17)13-10(16)19/h3-4,7-9,18H,5H2,1-2H3,(H,13,17,19)/t7-,8?,9+,11+/m0/s1. The van der Waals surface area contributed by atoms with Crippen molar-refractivity contribution >= 4 is 0 Å². The molecular formula is C11H15N5O6. The minimum absolute atomic E-state index is 0.193. The van der Waals surface area contributed by atoms with Gasteiger partial charge < -0.3 is 19.3 Å². The largest absolute Gasteiger partial charge is 0.386 e. The van der Waals surface area contributed by atoms with Crippen LogP contribution < -0.4 is 11.2 Å². The number of ether oxygens (including phenoxy) is 3. The van der Waals surface area contributed by atoms with Crippen molar-refractivity contribution < 1.29 is 19.3 Å². The number of aromatic amines is 1. The van der Waals surface area contributed by atoms with Crippen LogP contribution in [0.4, 0.5) is 0 Å². The average Bonchev–Trinajstić information content (AvgIpc) is 2.72. The van der Waals surface area contributed by atoms with Crippen LogP contribution in [0.3, 0.4) is 0 Å². The maximum Gasteiger partial charge on any atom is 0.330 e. The monoisotopic (exact) mass is 313 g/mol. The number of azide groups is 1. The highest BCUT2D eigenvalue weighted by Gasteiger charge is 2.56. The van der Waals surface area contributed by atoms with E-state index in [1.807, 2.05) is 4.98 Å². The van der Waals surface area contributed by atoms with Crippen LogP contribution in [0, 0.1) is 0 Å². The molecule has 0 aromatic carbocycles. The second kappa shape index (κ2) is 6.30. The summed E-state index contributed by atoms with van der Waals surface area (Å²) in [4.78, 5) is 27.7. The van der Waals surface area contributed by atoms with Gasteiger partial charge in [0.1, 0.15) is 12.2 Å². The SMILES string of the molecule is COC[C@@]1(N=[N+]=[N-])O[C@@H](n2ccc(=O)[nH]c2=O)[C@@H](O)C1OC. The van der Waals surface area contributed by atoms with Crippen LogP contribution in [0.1, 0.15) is 6.23 Å². The van der Waals surface area contributed by atoms with Crippen LogP contribution >= 0.6 is 0 Å². The number of nitrogens with zero attached hydrogens (tertiary/aromatic N) is 4. The summed E-state index contributed by atoms with van der Waals surface area (Å²) >= 11 is 0. The first-order valence-corrected chi connectivity index (χ1v) is 6.24. The smallest absolute Gasteiger partial charge is 0.330 e. The molecule has 0 aliphatic carbocycles. The normalized spacial score (nSPS) is 31.0. The number of aliphatic hydroxyl groups is 1. The zero-order valence-electron chi connectivity index (χ0n) is 11.9. The van der Waals surface area contributed by atoms with Gasteiger partial charge in [-0.1, -0.05) is 5.11 Å². The molecule has 22 heavy (non-hydrogen) atoms. The van der Waals surface area contributed by atoms with E-state index in [4.69, 9.17) is 19.7 Å². The first-order chi connectivity index (χ1) is 10.5. The van der Waals surface area contributed by atoms with E-state index in [1.165, 1.54) is 20.4 Å². The average molecular weight is 313 g/mol. The Hall–Kier alpha value is -2.17. The van der Waals surface area contributed by atoms with Gasteiger partial charge in [-0.2, -0.15) is 0 Å². The van der Waals surface area contributed by atoms with Gasteiger partial charge in [0.15, 0.2) is 6.23 Å². The highest BCUT2D eigenvalue weighted by atomic mass is 16.6. The molecule has 1 unspecified atom stereocenters. The van der Waals surface area contributed by atoms with Crippen LogP contribution in [0.2, 0.25) is 0 Å². The summed E-state index contributed by atoms with van der Waals surface area (Å²) < 4.78 is 16.7. The summed E-state index contributed by atoms with van der Waals surface area (Å²) in [6.45, 7) is -0.193. The van der Waals surface area contributed by atoms with Gasteiger partial charge in [-0.15, -0.1) is 0 Å². The first kappa shape index (κ1) is 16.2. The van der Waals surface area contributed by atoms with Gasteiger partial charge in [0.05, 0.1) is 6.61 Å². The van der Waals surface area contributed by atoms with Crippen molar-refractivity contribution in [3.63, 3.8) is 0 Å². The van der Waals surface area contributed by atoms with Gasteiger partial charge in [0.25, 0.3) is 5.56 Å². The minimum Gasteiger partial charge on any atom is -0.386 e. The molecule has 0 saturated carbocycles. The van der Waals surface area contributed by atoms with E-state index in [0.717, 1.165) is 10.6 Å². The fraction of sp³-hybridized carbons (Fsp3) is 0.636. The van der Waals surface area contributed by atoms with Crippen molar-refractivity contribution in [3.05, 3.63) is 43.5 Å². The summed E-state index contributed by atoms with van der Waals surface area (Å²) in [6.07, 6.45) is -2.43. The molecule has 1 fully saturated rings. The molecule has 1 saturated heterocycles. The van der Waals surface area contributed by atoms with Gasteiger partial charge in [-0.05, 0) is 5.53 Å². The number of nitrogens with one attached hydrogen (secondary N) is 1. The molecule has 1 aliphatic rings. The predicted molar refractivity (Wildman–Crippen MR) is 72.0 cm³/mol. The maximum atomic E-state index is 11.8. The fourth-order valence-electron chi connectivity index (χ4n) is 2.44. The molecule has 120 valence electrons. The lowest BCUT2D eigenvalue weighted by Gasteiger charge is -2.27. The molecule has 0 radical (unpaired) electrons. The summed E-state index contributed by atoms with van der Waals surface area (Å²) in [5, 5.41) is 13.9. The number of rotatable bonds is 5. The third-order valence-electron chi connectivity index (χ3n) is 3.32. The Morgan fingerprint density at radius 3 is 2.86 bits per heavy atom. The second-order valence-corrected chi connectivity index (χ2v) is 4.64. The van der Waals surface area contributed by atoms with Crippen LogP contribution in [0.5, 0.6) is 0 Å². The van der Waals surface area contributed by atoms with E-state index in [9.17, 15) is 14.7 Å². The number of methoxy groups -OCH3 is 2. The highest BCUT2D eigenvalue weighted by Crippen LogP contribution is 2.39. The summed E-state index contributed by atoms with van der Waals surface area (Å²) in [5.74, 6) is 0. The van der Waals surface area contributed by atoms with Gasteiger partial charge in [-0.3, -0.25) is 14.3 Å². The van der Waals surface area contributed by atoms with Crippen molar-refractivity contribution in [2.24, 2.45) is 5.11 Å². The number of hydrogen-bond donors (Lipinski definition) is 2. The summed E-state index contributed by atoms with van der Waals surface area (Å²) in [5.41, 5.74) is 5.73. The zero-order chi connectivity index (χ0) is 16.3. The van der Waals surface area contributed by atoms with Crippen LogP contribution in [0.25, 0.3) is 10.4 Å². The summed E-state index contributed by atoms with van der Waals surface area (Å²) in [6, 6.07) is 1.10. The molecule has 0 amide bonds. The molecule has 2 heterocycles. The lowest BCUT2D eigenvalue weighted by atomic mass is 10.1. The van der Waals surface area contributed by atoms with Crippen LogP contribution in [-0.4, -0.2) is 53.4 Å². The topological polar surface area (TPSA) is 152 Å². The van der Waals surface area contributed by atoms with Crippen molar-refractivity contribution in [1.82, 2.24) is 9.55 Å². The maximum absolute atomic E-state index is 11.8. The molecule has 2 rings (SSSR count). The van der Waals surface area contributed by atoms with Gasteiger partial charge in [0, 0.05) is 31.4 Å². The lowest BCUT2D eigenvalue weighted by Crippen LogP contribution is -2.46. The van der Waals surface area contributed by atoms with Crippen molar-refractivity contribution in [3.8, 4) is 0 Å². The number of aliphatic hydroxyl groups excluding tert-OH is 1. The Morgan fingerprint density at radius 2 is 2.32 bits per heavy atom. The molecule has 11 heteroatoms. The summed E-state index contributed by atoms with van der Waals surface area (Å²) in [7, 11) is 2.66. The van der Waals surface area contributed by atoms with E-state index in [2.05, 4.69) is 10.0 Å². The highest BCUT2D eigenvalue weighted by molar-refractivity contribution is 5.02. The molecule has 4 atom stereocenters. The van der Waals surface area contributed by atoms with E-state index in [1.54, 1.807) is 0 Å². The van der Waals surface area contributed by atoms with Gasteiger partial charge in [-0.25, -0.2) is 4.79 Å². The van der Waals surface area contributed by atoms with Crippen molar-refractivity contribution in [2.45, 2.75) is 24.2 Å². The predicted octanol–water partition coefficient (Wildman–Crippen LogP) is -0.906. The Kier molecular flexibility index (Phi) is 4.64.